The summed E-state index contributed by atoms with van der Waals surface area (Å²) in [7, 11) is 4.61. The number of nitrogens with one attached hydrogen (secondary N) is 2. The van der Waals surface area contributed by atoms with Crippen molar-refractivity contribution in [3.05, 3.63) is 48.0 Å². The molecule has 2 aromatic rings. The lowest BCUT2D eigenvalue weighted by atomic mass is 10.2. The largest absolute Gasteiger partial charge is 0.496 e. The molecule has 2 amide bonds. The molecule has 2 N–H and O–H groups in total. The van der Waals surface area contributed by atoms with Crippen molar-refractivity contribution in [3.63, 3.8) is 0 Å². The van der Waals surface area contributed by atoms with Gasteiger partial charge in [0.1, 0.15) is 17.2 Å². The molecule has 0 aliphatic carbocycles. The number of hydrazone groups is 1. The number of ether oxygens (including phenoxy) is 3. The first-order valence-corrected chi connectivity index (χ1v) is 7.13. The van der Waals surface area contributed by atoms with Crippen LogP contribution in [0, 0.1) is 0 Å². The number of carbonyl (C=O) groups is 1. The fourth-order valence-electron chi connectivity index (χ4n) is 2.00. The number of amides is 2. The first-order chi connectivity index (χ1) is 11.7. The lowest BCUT2D eigenvalue weighted by Crippen LogP contribution is -2.24. The average Bonchev–Trinajstić information content (AvgIpc) is 2.62. The molecule has 0 unspecified atom stereocenters. The van der Waals surface area contributed by atoms with Gasteiger partial charge in [-0.3, -0.25) is 0 Å². The highest BCUT2D eigenvalue weighted by atomic mass is 16.5. The van der Waals surface area contributed by atoms with Crippen molar-refractivity contribution >= 4 is 17.9 Å². The van der Waals surface area contributed by atoms with E-state index in [1.807, 2.05) is 18.2 Å². The second-order valence-electron chi connectivity index (χ2n) is 4.64. The van der Waals surface area contributed by atoms with Gasteiger partial charge in [0, 0.05) is 17.8 Å². The van der Waals surface area contributed by atoms with Crippen LogP contribution < -0.4 is 25.0 Å². The maximum Gasteiger partial charge on any atom is 0.339 e. The molecular weight excluding hydrogens is 310 g/mol. The minimum Gasteiger partial charge on any atom is -0.496 e. The zero-order valence-corrected chi connectivity index (χ0v) is 13.7. The number of anilines is 1. The standard InChI is InChI=1S/C17H19N3O4/c1-22-13-9-15(23-2)14(16(10-13)24-3)11-18-20-17(21)19-12-7-5-4-6-8-12/h4-11H,1-3H3,(H2,19,20,21)/b18-11-. The lowest BCUT2D eigenvalue weighted by molar-refractivity contribution is 0.252. The zero-order chi connectivity index (χ0) is 17.4. The molecule has 0 aliphatic heterocycles. The summed E-state index contributed by atoms with van der Waals surface area (Å²) in [4.78, 5) is 11.8. The van der Waals surface area contributed by atoms with E-state index in [0.717, 1.165) is 0 Å². The van der Waals surface area contributed by atoms with E-state index in [2.05, 4.69) is 15.8 Å². The van der Waals surface area contributed by atoms with E-state index >= 15 is 0 Å². The van der Waals surface area contributed by atoms with E-state index in [-0.39, 0.29) is 0 Å². The van der Waals surface area contributed by atoms with Crippen LogP contribution in [0.15, 0.2) is 47.6 Å². The molecule has 0 saturated carbocycles. The monoisotopic (exact) mass is 329 g/mol. The summed E-state index contributed by atoms with van der Waals surface area (Å²) >= 11 is 0. The Bertz CT molecular complexity index is 692. The number of carbonyl (C=O) groups excluding carboxylic acids is 1. The lowest BCUT2D eigenvalue weighted by Gasteiger charge is -2.12. The number of hydrogen-bond acceptors (Lipinski definition) is 5. The molecule has 2 rings (SSSR count). The molecule has 7 nitrogen and oxygen atoms in total. The number of benzene rings is 2. The average molecular weight is 329 g/mol. The molecule has 0 fully saturated rings. The van der Waals surface area contributed by atoms with Gasteiger partial charge in [0.25, 0.3) is 0 Å². The molecule has 0 atom stereocenters. The minimum absolute atomic E-state index is 0.455. The molecule has 0 aliphatic rings. The summed E-state index contributed by atoms with van der Waals surface area (Å²) < 4.78 is 15.8. The predicted octanol–water partition coefficient (Wildman–Crippen LogP) is 2.87. The van der Waals surface area contributed by atoms with Crippen molar-refractivity contribution in [3.8, 4) is 17.2 Å². The molecular formula is C17H19N3O4. The Morgan fingerprint density at radius 1 is 1.00 bits per heavy atom. The van der Waals surface area contributed by atoms with Crippen molar-refractivity contribution < 1.29 is 19.0 Å². The Labute approximate surface area is 140 Å². The summed E-state index contributed by atoms with van der Waals surface area (Å²) in [5.41, 5.74) is 3.64. The molecule has 126 valence electrons. The van der Waals surface area contributed by atoms with Gasteiger partial charge in [-0.25, -0.2) is 10.2 Å². The summed E-state index contributed by atoms with van der Waals surface area (Å²) in [6.07, 6.45) is 1.45. The van der Waals surface area contributed by atoms with E-state index in [0.29, 0.717) is 28.5 Å². The van der Waals surface area contributed by atoms with Gasteiger partial charge in [0.05, 0.1) is 33.1 Å². The van der Waals surface area contributed by atoms with E-state index in [1.54, 1.807) is 31.4 Å². The fourth-order valence-corrected chi connectivity index (χ4v) is 2.00. The maximum atomic E-state index is 11.8. The number of para-hydroxylation sites is 1. The second kappa shape index (κ2) is 8.42. The van der Waals surface area contributed by atoms with Crippen LogP contribution in [0.1, 0.15) is 5.56 Å². The van der Waals surface area contributed by atoms with Crippen molar-refractivity contribution in [2.75, 3.05) is 26.6 Å². The van der Waals surface area contributed by atoms with E-state index < -0.39 is 6.03 Å². The molecule has 7 heteroatoms. The molecule has 24 heavy (non-hydrogen) atoms. The van der Waals surface area contributed by atoms with Crippen LogP contribution in [-0.4, -0.2) is 33.6 Å². The Hall–Kier alpha value is -3.22. The number of rotatable bonds is 6. The summed E-state index contributed by atoms with van der Waals surface area (Å²) in [6.45, 7) is 0. The Morgan fingerprint density at radius 3 is 2.17 bits per heavy atom. The molecule has 2 aromatic carbocycles. The Morgan fingerprint density at radius 2 is 1.62 bits per heavy atom. The maximum absolute atomic E-state index is 11.8. The molecule has 0 aromatic heterocycles. The van der Waals surface area contributed by atoms with Gasteiger partial charge in [-0.05, 0) is 12.1 Å². The summed E-state index contributed by atoms with van der Waals surface area (Å²) in [6, 6.07) is 12.0. The van der Waals surface area contributed by atoms with Crippen molar-refractivity contribution in [2.24, 2.45) is 5.10 Å². The van der Waals surface area contributed by atoms with Crippen LogP contribution in [0.4, 0.5) is 10.5 Å². The molecule has 0 heterocycles. The van der Waals surface area contributed by atoms with Gasteiger partial charge < -0.3 is 19.5 Å². The summed E-state index contributed by atoms with van der Waals surface area (Å²) in [5, 5.41) is 6.58. The highest BCUT2D eigenvalue weighted by Crippen LogP contribution is 2.32. The van der Waals surface area contributed by atoms with Crippen LogP contribution in [0.5, 0.6) is 17.2 Å². The van der Waals surface area contributed by atoms with E-state index in [4.69, 9.17) is 14.2 Å². The van der Waals surface area contributed by atoms with Gasteiger partial charge in [-0.1, -0.05) is 18.2 Å². The molecule has 0 bridgehead atoms. The fraction of sp³-hybridized carbons (Fsp3) is 0.176. The van der Waals surface area contributed by atoms with Crippen molar-refractivity contribution in [2.45, 2.75) is 0 Å². The number of urea groups is 1. The topological polar surface area (TPSA) is 81.2 Å². The normalized spacial score (nSPS) is 10.3. The highest BCUT2D eigenvalue weighted by molar-refractivity contribution is 5.92. The molecule has 0 spiro atoms. The minimum atomic E-state index is -0.455. The summed E-state index contributed by atoms with van der Waals surface area (Å²) in [5.74, 6) is 1.62. The second-order valence-corrected chi connectivity index (χ2v) is 4.64. The first kappa shape index (κ1) is 17.1. The Kier molecular flexibility index (Phi) is 6.01. The van der Waals surface area contributed by atoms with Gasteiger partial charge in [-0.2, -0.15) is 5.10 Å². The zero-order valence-electron chi connectivity index (χ0n) is 13.7. The third kappa shape index (κ3) is 4.39. The molecule has 0 radical (unpaired) electrons. The highest BCUT2D eigenvalue weighted by Gasteiger charge is 2.11. The van der Waals surface area contributed by atoms with Crippen LogP contribution in [0.3, 0.4) is 0 Å². The number of hydrogen-bond donors (Lipinski definition) is 2. The van der Waals surface area contributed by atoms with E-state index in [9.17, 15) is 4.79 Å². The van der Waals surface area contributed by atoms with Crippen LogP contribution >= 0.6 is 0 Å². The van der Waals surface area contributed by atoms with Crippen molar-refractivity contribution in [1.29, 1.82) is 0 Å². The van der Waals surface area contributed by atoms with Gasteiger partial charge in [0.2, 0.25) is 0 Å². The van der Waals surface area contributed by atoms with Crippen molar-refractivity contribution in [1.82, 2.24) is 5.43 Å². The van der Waals surface area contributed by atoms with Gasteiger partial charge >= 0.3 is 6.03 Å². The van der Waals surface area contributed by atoms with Crippen LogP contribution in [0.25, 0.3) is 0 Å². The van der Waals surface area contributed by atoms with E-state index in [1.165, 1.54) is 20.4 Å². The SMILES string of the molecule is COc1cc(OC)c(/C=N\NC(=O)Nc2ccccc2)c(OC)c1. The quantitative estimate of drug-likeness (QED) is 0.631. The number of nitrogens with zero attached hydrogens (tertiary/aromatic N) is 1. The first-order valence-electron chi connectivity index (χ1n) is 7.13. The number of methoxy groups -OCH3 is 3. The van der Waals surface area contributed by atoms with Gasteiger partial charge in [-0.15, -0.1) is 0 Å². The third-order valence-electron chi connectivity index (χ3n) is 3.14. The van der Waals surface area contributed by atoms with Crippen LogP contribution in [0.2, 0.25) is 0 Å². The smallest absolute Gasteiger partial charge is 0.339 e. The predicted molar refractivity (Wildman–Crippen MR) is 92.3 cm³/mol. The third-order valence-corrected chi connectivity index (χ3v) is 3.14. The van der Waals surface area contributed by atoms with Crippen LogP contribution in [-0.2, 0) is 0 Å². The van der Waals surface area contributed by atoms with Gasteiger partial charge in [0.15, 0.2) is 0 Å². The Balaban J connectivity index is 2.09. The molecule has 0 saturated heterocycles.